The molecule has 2 aromatic rings. The van der Waals surface area contributed by atoms with Crippen LogP contribution in [0.2, 0.25) is 0 Å². The molecule has 0 spiro atoms. The first-order valence-corrected chi connectivity index (χ1v) is 7.76. The Labute approximate surface area is 118 Å². The molecule has 1 aromatic heterocycles. The van der Waals surface area contributed by atoms with Gasteiger partial charge in [-0.3, -0.25) is 9.78 Å². The number of carbonyl (C=O) groups is 1. The molecule has 0 saturated heterocycles. The van der Waals surface area contributed by atoms with E-state index in [9.17, 15) is 13.2 Å². The number of sulfonamides is 1. The lowest BCUT2D eigenvalue weighted by Crippen LogP contribution is -2.31. The number of Topliss-reactive ketones (excluding diaryl/α,β-unsaturated/α-hetero) is 1. The maximum absolute atomic E-state index is 12.3. The van der Waals surface area contributed by atoms with Crippen molar-refractivity contribution in [3.05, 3.63) is 36.5 Å². The second-order valence-electron chi connectivity index (χ2n) is 4.77. The lowest BCUT2D eigenvalue weighted by molar-refractivity contribution is -0.120. The first-order chi connectivity index (χ1) is 9.42. The van der Waals surface area contributed by atoms with Crippen molar-refractivity contribution in [1.82, 2.24) is 9.71 Å². The molecule has 106 valence electrons. The van der Waals surface area contributed by atoms with E-state index in [1.807, 2.05) is 0 Å². The molecule has 0 saturated carbocycles. The smallest absolute Gasteiger partial charge is 0.241 e. The third-order valence-electron chi connectivity index (χ3n) is 2.98. The van der Waals surface area contributed by atoms with E-state index < -0.39 is 10.0 Å². The number of benzene rings is 1. The quantitative estimate of drug-likeness (QED) is 0.910. The number of carbonyl (C=O) groups excluding carboxylic acids is 1. The molecule has 20 heavy (non-hydrogen) atoms. The van der Waals surface area contributed by atoms with Gasteiger partial charge in [0.2, 0.25) is 10.0 Å². The zero-order valence-corrected chi connectivity index (χ0v) is 12.1. The highest BCUT2D eigenvalue weighted by atomic mass is 32.2. The van der Waals surface area contributed by atoms with Crippen molar-refractivity contribution in [2.75, 3.05) is 6.54 Å². The van der Waals surface area contributed by atoms with Crippen LogP contribution in [0.4, 0.5) is 0 Å². The van der Waals surface area contributed by atoms with Gasteiger partial charge in [0, 0.05) is 17.5 Å². The molecule has 1 aromatic carbocycles. The second-order valence-corrected chi connectivity index (χ2v) is 6.51. The molecular weight excluding hydrogens is 276 g/mol. The van der Waals surface area contributed by atoms with Crippen LogP contribution in [0.25, 0.3) is 10.9 Å². The zero-order valence-electron chi connectivity index (χ0n) is 11.3. The number of fused-ring (bicyclic) bond motifs is 1. The maximum Gasteiger partial charge on any atom is 0.241 e. The summed E-state index contributed by atoms with van der Waals surface area (Å²) < 4.78 is 26.9. The van der Waals surface area contributed by atoms with Crippen molar-refractivity contribution in [2.45, 2.75) is 18.7 Å². The Balaban J connectivity index is 2.35. The van der Waals surface area contributed by atoms with Crippen LogP contribution in [0.5, 0.6) is 0 Å². The molecule has 5 nitrogen and oxygen atoms in total. The fourth-order valence-corrected chi connectivity index (χ4v) is 2.97. The lowest BCUT2D eigenvalue weighted by Gasteiger charge is -2.09. The van der Waals surface area contributed by atoms with Gasteiger partial charge < -0.3 is 0 Å². The molecule has 2 rings (SSSR count). The van der Waals surface area contributed by atoms with Crippen LogP contribution in [0.3, 0.4) is 0 Å². The van der Waals surface area contributed by atoms with Crippen molar-refractivity contribution in [3.63, 3.8) is 0 Å². The molecule has 1 heterocycles. The van der Waals surface area contributed by atoms with Crippen molar-refractivity contribution in [1.29, 1.82) is 0 Å². The average Bonchev–Trinajstić information content (AvgIpc) is 2.44. The van der Waals surface area contributed by atoms with Gasteiger partial charge in [0.05, 0.1) is 17.0 Å². The van der Waals surface area contributed by atoms with Crippen LogP contribution in [-0.2, 0) is 14.8 Å². The topological polar surface area (TPSA) is 76.1 Å². The van der Waals surface area contributed by atoms with Crippen molar-refractivity contribution >= 4 is 26.7 Å². The average molecular weight is 292 g/mol. The monoisotopic (exact) mass is 292 g/mol. The van der Waals surface area contributed by atoms with Gasteiger partial charge in [-0.05, 0) is 24.3 Å². The fourth-order valence-electron chi connectivity index (χ4n) is 1.76. The number of ketones is 1. The predicted octanol–water partition coefficient (Wildman–Crippen LogP) is 1.74. The first-order valence-electron chi connectivity index (χ1n) is 6.28. The Morgan fingerprint density at radius 2 is 2.00 bits per heavy atom. The molecule has 0 fully saturated rings. The molecule has 6 heteroatoms. The number of rotatable bonds is 5. The van der Waals surface area contributed by atoms with E-state index in [-0.39, 0.29) is 23.1 Å². The number of hydrogen-bond donors (Lipinski definition) is 1. The van der Waals surface area contributed by atoms with Gasteiger partial charge in [-0.2, -0.15) is 0 Å². The van der Waals surface area contributed by atoms with E-state index in [1.54, 1.807) is 44.3 Å². The summed E-state index contributed by atoms with van der Waals surface area (Å²) in [6, 6.07) is 8.26. The Kier molecular flexibility index (Phi) is 4.15. The molecule has 0 atom stereocenters. The van der Waals surface area contributed by atoms with Gasteiger partial charge in [0.15, 0.2) is 0 Å². The Morgan fingerprint density at radius 3 is 2.70 bits per heavy atom. The Hall–Kier alpha value is -1.79. The van der Waals surface area contributed by atoms with Crippen LogP contribution >= 0.6 is 0 Å². The minimum Gasteiger partial charge on any atom is -0.298 e. The summed E-state index contributed by atoms with van der Waals surface area (Å²) in [5.74, 6) is -0.348. The lowest BCUT2D eigenvalue weighted by atomic mass is 10.1. The molecule has 0 amide bonds. The highest BCUT2D eigenvalue weighted by Crippen LogP contribution is 2.20. The van der Waals surface area contributed by atoms with Gasteiger partial charge in [-0.1, -0.05) is 19.9 Å². The molecule has 0 aliphatic rings. The summed E-state index contributed by atoms with van der Waals surface area (Å²) in [4.78, 5) is 15.8. The van der Waals surface area contributed by atoms with Gasteiger partial charge in [0.1, 0.15) is 5.78 Å². The molecule has 0 radical (unpaired) electrons. The van der Waals surface area contributed by atoms with Crippen LogP contribution in [-0.4, -0.2) is 25.7 Å². The number of hydrogen-bond acceptors (Lipinski definition) is 4. The summed E-state index contributed by atoms with van der Waals surface area (Å²) in [5.41, 5.74) is 0.602. The summed E-state index contributed by atoms with van der Waals surface area (Å²) in [6.07, 6.45) is 1.61. The van der Waals surface area contributed by atoms with E-state index in [0.717, 1.165) is 0 Å². The highest BCUT2D eigenvalue weighted by molar-refractivity contribution is 7.89. The van der Waals surface area contributed by atoms with Gasteiger partial charge in [-0.25, -0.2) is 13.1 Å². The number of nitrogens with one attached hydrogen (secondary N) is 1. The molecular formula is C14H16N2O3S. The molecule has 0 aliphatic heterocycles. The summed E-state index contributed by atoms with van der Waals surface area (Å²) >= 11 is 0. The SMILES string of the molecule is CC(C)C(=O)CNS(=O)(=O)c1cccc2ncccc12. The normalized spacial score (nSPS) is 11.9. The summed E-state index contributed by atoms with van der Waals surface area (Å²) in [7, 11) is -3.73. The molecule has 0 unspecified atom stereocenters. The Bertz CT molecular complexity index is 734. The zero-order chi connectivity index (χ0) is 14.8. The van der Waals surface area contributed by atoms with Crippen LogP contribution in [0, 0.1) is 5.92 Å². The van der Waals surface area contributed by atoms with Crippen LogP contribution in [0.1, 0.15) is 13.8 Å². The van der Waals surface area contributed by atoms with E-state index in [1.165, 1.54) is 6.07 Å². The van der Waals surface area contributed by atoms with E-state index >= 15 is 0 Å². The molecule has 1 N–H and O–H groups in total. The van der Waals surface area contributed by atoms with Crippen LogP contribution < -0.4 is 4.72 Å². The number of nitrogens with zero attached hydrogens (tertiary/aromatic N) is 1. The second kappa shape index (κ2) is 5.68. The number of aromatic nitrogens is 1. The molecule has 0 bridgehead atoms. The maximum atomic E-state index is 12.3. The Morgan fingerprint density at radius 1 is 1.25 bits per heavy atom. The van der Waals surface area contributed by atoms with Gasteiger partial charge in [-0.15, -0.1) is 0 Å². The first kappa shape index (κ1) is 14.6. The van der Waals surface area contributed by atoms with E-state index in [4.69, 9.17) is 0 Å². The molecule has 0 aliphatic carbocycles. The predicted molar refractivity (Wildman–Crippen MR) is 76.8 cm³/mol. The summed E-state index contributed by atoms with van der Waals surface area (Å²) in [6.45, 7) is 3.27. The van der Waals surface area contributed by atoms with E-state index in [2.05, 4.69) is 9.71 Å². The van der Waals surface area contributed by atoms with E-state index in [0.29, 0.717) is 10.9 Å². The minimum atomic E-state index is -3.73. The fraction of sp³-hybridized carbons (Fsp3) is 0.286. The van der Waals surface area contributed by atoms with Crippen molar-refractivity contribution < 1.29 is 13.2 Å². The number of pyridine rings is 1. The van der Waals surface area contributed by atoms with Crippen LogP contribution in [0.15, 0.2) is 41.4 Å². The third kappa shape index (κ3) is 3.02. The van der Waals surface area contributed by atoms with Crippen molar-refractivity contribution in [2.24, 2.45) is 5.92 Å². The third-order valence-corrected chi connectivity index (χ3v) is 4.43. The minimum absolute atomic E-state index is 0.139. The standard InChI is InChI=1S/C14H16N2O3S/c1-10(2)13(17)9-16-20(18,19)14-7-3-6-12-11(14)5-4-8-15-12/h3-8,10,16H,9H2,1-2H3. The van der Waals surface area contributed by atoms with Gasteiger partial charge in [0.25, 0.3) is 0 Å². The summed E-state index contributed by atoms with van der Waals surface area (Å²) in [5, 5.41) is 0.541. The van der Waals surface area contributed by atoms with Gasteiger partial charge >= 0.3 is 0 Å². The highest BCUT2D eigenvalue weighted by Gasteiger charge is 2.19. The largest absolute Gasteiger partial charge is 0.298 e. The van der Waals surface area contributed by atoms with Crippen molar-refractivity contribution in [3.8, 4) is 0 Å².